The van der Waals surface area contributed by atoms with Crippen molar-refractivity contribution in [1.29, 1.82) is 0 Å². The number of amides is 1. The van der Waals surface area contributed by atoms with E-state index in [2.05, 4.69) is 16.5 Å². The van der Waals surface area contributed by atoms with Gasteiger partial charge in [0.2, 0.25) is 5.91 Å². The van der Waals surface area contributed by atoms with Gasteiger partial charge in [-0.1, -0.05) is 41.9 Å². The van der Waals surface area contributed by atoms with Gasteiger partial charge in [0.05, 0.1) is 11.4 Å². The highest BCUT2D eigenvalue weighted by Gasteiger charge is 2.31. The number of nitrogens with two attached hydrogens (primary N) is 1. The van der Waals surface area contributed by atoms with Gasteiger partial charge in [0.15, 0.2) is 0 Å². The molecule has 1 atom stereocenters. The second-order valence-corrected chi connectivity index (χ2v) is 7.23. The first kappa shape index (κ1) is 17.8. The van der Waals surface area contributed by atoms with Gasteiger partial charge in [-0.05, 0) is 30.2 Å². The van der Waals surface area contributed by atoms with E-state index in [4.69, 9.17) is 28.9 Å². The van der Waals surface area contributed by atoms with Crippen LogP contribution in [0.25, 0.3) is 22.2 Å². The first-order valence-corrected chi connectivity index (χ1v) is 9.24. The standard InChI is InChI=1S/C19H17Cl2N5O/c1-2-14(27)25-8-7-13(9-25)26-17(21)15(11-3-5-12(20)6-4-11)16-18(22)23-10-24-19(16)26/h2-6,10,13H,1,7-9H2,(H2,22,23,24)/t13-/m1/s1. The second-order valence-electron chi connectivity index (χ2n) is 6.43. The molecule has 1 amide bonds. The lowest BCUT2D eigenvalue weighted by Crippen LogP contribution is -2.27. The molecule has 138 valence electrons. The summed E-state index contributed by atoms with van der Waals surface area (Å²) in [6.07, 6.45) is 3.53. The van der Waals surface area contributed by atoms with E-state index in [-0.39, 0.29) is 11.9 Å². The number of carbonyl (C=O) groups is 1. The average Bonchev–Trinajstić information content (AvgIpc) is 3.25. The molecule has 27 heavy (non-hydrogen) atoms. The van der Waals surface area contributed by atoms with Crippen LogP contribution in [0, 0.1) is 0 Å². The van der Waals surface area contributed by atoms with Crippen LogP contribution in [0.5, 0.6) is 0 Å². The third kappa shape index (κ3) is 2.95. The molecule has 1 fully saturated rings. The average molecular weight is 402 g/mol. The molecule has 3 heterocycles. The van der Waals surface area contributed by atoms with Gasteiger partial charge in [-0.3, -0.25) is 4.79 Å². The van der Waals surface area contributed by atoms with E-state index in [1.807, 2.05) is 16.7 Å². The zero-order chi connectivity index (χ0) is 19.1. The molecule has 0 saturated carbocycles. The monoisotopic (exact) mass is 401 g/mol. The normalized spacial score (nSPS) is 16.8. The molecule has 8 heteroatoms. The number of anilines is 1. The Morgan fingerprint density at radius 3 is 2.70 bits per heavy atom. The Bertz CT molecular complexity index is 1040. The van der Waals surface area contributed by atoms with Crippen LogP contribution in [-0.4, -0.2) is 38.4 Å². The molecular weight excluding hydrogens is 385 g/mol. The largest absolute Gasteiger partial charge is 0.383 e. The van der Waals surface area contributed by atoms with E-state index in [1.165, 1.54) is 12.4 Å². The van der Waals surface area contributed by atoms with Gasteiger partial charge in [0, 0.05) is 23.7 Å². The number of fused-ring (bicyclic) bond motifs is 1. The summed E-state index contributed by atoms with van der Waals surface area (Å²) in [7, 11) is 0. The first-order valence-electron chi connectivity index (χ1n) is 8.48. The molecule has 0 bridgehead atoms. The van der Waals surface area contributed by atoms with Gasteiger partial charge < -0.3 is 15.2 Å². The summed E-state index contributed by atoms with van der Waals surface area (Å²) in [5, 5.41) is 1.87. The van der Waals surface area contributed by atoms with Crippen molar-refractivity contribution in [3.05, 3.63) is 53.4 Å². The summed E-state index contributed by atoms with van der Waals surface area (Å²) in [5.74, 6) is 0.278. The van der Waals surface area contributed by atoms with Crippen molar-refractivity contribution in [3.8, 4) is 11.1 Å². The van der Waals surface area contributed by atoms with E-state index in [1.54, 1.807) is 17.0 Å². The number of carbonyl (C=O) groups excluding carboxylic acids is 1. The minimum absolute atomic E-state index is 0.000694. The topological polar surface area (TPSA) is 77.0 Å². The van der Waals surface area contributed by atoms with Crippen LogP contribution in [-0.2, 0) is 4.79 Å². The fraction of sp³-hybridized carbons (Fsp3) is 0.211. The van der Waals surface area contributed by atoms with Crippen LogP contribution >= 0.6 is 23.2 Å². The molecule has 1 aliphatic rings. The molecule has 4 rings (SSSR count). The van der Waals surface area contributed by atoms with Crippen molar-refractivity contribution < 1.29 is 4.79 Å². The van der Waals surface area contributed by atoms with Crippen molar-refractivity contribution >= 4 is 46.0 Å². The summed E-state index contributed by atoms with van der Waals surface area (Å²) in [6, 6.07) is 7.38. The number of aromatic nitrogens is 3. The summed E-state index contributed by atoms with van der Waals surface area (Å²) in [4.78, 5) is 22.3. The first-order chi connectivity index (χ1) is 13.0. The Morgan fingerprint density at radius 2 is 2.00 bits per heavy atom. The zero-order valence-electron chi connectivity index (χ0n) is 14.4. The number of hydrogen-bond acceptors (Lipinski definition) is 4. The fourth-order valence-electron chi connectivity index (χ4n) is 3.62. The Kier molecular flexibility index (Phi) is 4.53. The Labute approximate surface area is 166 Å². The Balaban J connectivity index is 1.89. The molecule has 0 aliphatic carbocycles. The third-order valence-electron chi connectivity index (χ3n) is 4.90. The van der Waals surface area contributed by atoms with Crippen molar-refractivity contribution in [2.75, 3.05) is 18.8 Å². The summed E-state index contributed by atoms with van der Waals surface area (Å²) < 4.78 is 1.95. The van der Waals surface area contributed by atoms with Crippen LogP contribution in [0.3, 0.4) is 0 Å². The molecule has 0 spiro atoms. The van der Waals surface area contributed by atoms with Crippen LogP contribution in [0.15, 0.2) is 43.2 Å². The van der Waals surface area contributed by atoms with Gasteiger partial charge in [-0.25, -0.2) is 9.97 Å². The Morgan fingerprint density at radius 1 is 1.26 bits per heavy atom. The highest BCUT2D eigenvalue weighted by atomic mass is 35.5. The van der Waals surface area contributed by atoms with Gasteiger partial charge in [-0.15, -0.1) is 0 Å². The van der Waals surface area contributed by atoms with E-state index < -0.39 is 0 Å². The third-order valence-corrected chi connectivity index (χ3v) is 5.52. The maximum atomic E-state index is 12.0. The SMILES string of the molecule is C=CC(=O)N1CC[C@@H](n2c(Cl)c(-c3ccc(Cl)cc3)c3c(N)ncnc32)C1. The molecule has 1 aliphatic heterocycles. The molecule has 0 radical (unpaired) electrons. The van der Waals surface area contributed by atoms with Gasteiger partial charge in [0.1, 0.15) is 22.9 Å². The zero-order valence-corrected chi connectivity index (χ0v) is 15.9. The molecule has 2 aromatic heterocycles. The highest BCUT2D eigenvalue weighted by Crippen LogP contribution is 2.42. The molecule has 1 aromatic carbocycles. The fourth-order valence-corrected chi connectivity index (χ4v) is 4.17. The van der Waals surface area contributed by atoms with Crippen molar-refractivity contribution in [2.24, 2.45) is 0 Å². The lowest BCUT2D eigenvalue weighted by molar-refractivity contribution is -0.125. The minimum atomic E-state index is -0.0860. The Hall–Kier alpha value is -2.57. The maximum absolute atomic E-state index is 12.0. The molecule has 3 aromatic rings. The van der Waals surface area contributed by atoms with Gasteiger partial charge in [0.25, 0.3) is 0 Å². The molecule has 1 saturated heterocycles. The number of halogens is 2. The number of hydrogen-bond donors (Lipinski definition) is 1. The summed E-state index contributed by atoms with van der Waals surface area (Å²) in [6.45, 7) is 4.74. The van der Waals surface area contributed by atoms with Crippen molar-refractivity contribution in [2.45, 2.75) is 12.5 Å². The summed E-state index contributed by atoms with van der Waals surface area (Å²) in [5.41, 5.74) is 8.49. The van der Waals surface area contributed by atoms with Crippen molar-refractivity contribution in [1.82, 2.24) is 19.4 Å². The van der Waals surface area contributed by atoms with Crippen molar-refractivity contribution in [3.63, 3.8) is 0 Å². The highest BCUT2D eigenvalue weighted by molar-refractivity contribution is 6.35. The maximum Gasteiger partial charge on any atom is 0.246 e. The van der Waals surface area contributed by atoms with Gasteiger partial charge in [-0.2, -0.15) is 0 Å². The quantitative estimate of drug-likeness (QED) is 0.674. The minimum Gasteiger partial charge on any atom is -0.383 e. The van der Waals surface area contributed by atoms with E-state index in [0.29, 0.717) is 40.1 Å². The molecule has 6 nitrogen and oxygen atoms in total. The molecule has 0 unspecified atom stereocenters. The molecular formula is C19H17Cl2N5O. The molecule has 2 N–H and O–H groups in total. The number of benzene rings is 1. The van der Waals surface area contributed by atoms with E-state index in [0.717, 1.165) is 17.5 Å². The van der Waals surface area contributed by atoms with E-state index in [9.17, 15) is 4.79 Å². The van der Waals surface area contributed by atoms with Crippen LogP contribution in [0.1, 0.15) is 12.5 Å². The van der Waals surface area contributed by atoms with E-state index >= 15 is 0 Å². The van der Waals surface area contributed by atoms with Gasteiger partial charge >= 0.3 is 0 Å². The van der Waals surface area contributed by atoms with Crippen LogP contribution < -0.4 is 5.73 Å². The lowest BCUT2D eigenvalue weighted by Gasteiger charge is -2.17. The lowest BCUT2D eigenvalue weighted by atomic mass is 10.1. The number of rotatable bonds is 3. The predicted octanol–water partition coefficient (Wildman–Crippen LogP) is 3.95. The number of nitrogens with zero attached hydrogens (tertiary/aromatic N) is 4. The van der Waals surface area contributed by atoms with Crippen LogP contribution in [0.2, 0.25) is 10.2 Å². The smallest absolute Gasteiger partial charge is 0.246 e. The predicted molar refractivity (Wildman–Crippen MR) is 108 cm³/mol. The number of likely N-dealkylation sites (tertiary alicyclic amines) is 1. The number of nitrogen functional groups attached to an aromatic ring is 1. The van der Waals surface area contributed by atoms with Crippen LogP contribution in [0.4, 0.5) is 5.82 Å². The second kappa shape index (κ2) is 6.87. The summed E-state index contributed by atoms with van der Waals surface area (Å²) >= 11 is 12.8.